The maximum atomic E-state index is 12.3. The monoisotopic (exact) mass is 319 g/mol. The Kier molecular flexibility index (Phi) is 5.56. The van der Waals surface area contributed by atoms with Crippen LogP contribution in [0.3, 0.4) is 0 Å². The number of sulfonamides is 1. The molecule has 0 amide bonds. The Morgan fingerprint density at radius 1 is 1.40 bits per heavy atom. The first-order chi connectivity index (χ1) is 9.23. The van der Waals surface area contributed by atoms with E-state index in [1.54, 1.807) is 19.1 Å². The van der Waals surface area contributed by atoms with E-state index in [4.69, 9.17) is 16.3 Å². The Hall–Kier alpha value is -1.11. The van der Waals surface area contributed by atoms with Crippen LogP contribution in [0.5, 0.6) is 0 Å². The fourth-order valence-electron chi connectivity index (χ4n) is 1.54. The van der Waals surface area contributed by atoms with Gasteiger partial charge in [0.1, 0.15) is 5.54 Å². The molecule has 0 aliphatic heterocycles. The number of hydrogen-bond acceptors (Lipinski definition) is 4. The highest BCUT2D eigenvalue weighted by atomic mass is 35.5. The number of rotatable bonds is 6. The van der Waals surface area contributed by atoms with Gasteiger partial charge in [0.25, 0.3) is 0 Å². The molecular formula is C13H18ClNO4S. The van der Waals surface area contributed by atoms with Crippen molar-refractivity contribution in [2.45, 2.75) is 37.1 Å². The number of halogens is 1. The van der Waals surface area contributed by atoms with Crippen molar-refractivity contribution in [3.63, 3.8) is 0 Å². The molecule has 5 nitrogen and oxygen atoms in total. The lowest BCUT2D eigenvalue weighted by molar-refractivity contribution is -0.148. The number of ether oxygens (including phenoxy) is 1. The minimum Gasteiger partial charge on any atom is -0.465 e. The summed E-state index contributed by atoms with van der Waals surface area (Å²) in [6, 6.07) is 6.24. The molecule has 0 spiro atoms. The van der Waals surface area contributed by atoms with E-state index >= 15 is 0 Å². The van der Waals surface area contributed by atoms with Crippen LogP contribution in [0.25, 0.3) is 0 Å². The molecule has 0 fully saturated rings. The lowest BCUT2D eigenvalue weighted by Crippen LogP contribution is -2.50. The van der Waals surface area contributed by atoms with Gasteiger partial charge in [0.15, 0.2) is 0 Å². The van der Waals surface area contributed by atoms with Crippen molar-refractivity contribution in [3.8, 4) is 0 Å². The summed E-state index contributed by atoms with van der Waals surface area (Å²) >= 11 is 5.68. The van der Waals surface area contributed by atoms with Crippen molar-refractivity contribution in [1.29, 1.82) is 0 Å². The van der Waals surface area contributed by atoms with Gasteiger partial charge in [0.05, 0.1) is 11.5 Å². The molecule has 0 radical (unpaired) electrons. The molecule has 0 saturated carbocycles. The summed E-state index contributed by atoms with van der Waals surface area (Å²) in [6.07, 6.45) is 0. The number of carbonyl (C=O) groups excluding carboxylic acids is 1. The Labute approximate surface area is 124 Å². The Morgan fingerprint density at radius 2 is 2.05 bits per heavy atom. The minimum absolute atomic E-state index is 0.0630. The molecule has 0 bridgehead atoms. The van der Waals surface area contributed by atoms with Crippen LogP contribution < -0.4 is 4.72 Å². The summed E-state index contributed by atoms with van der Waals surface area (Å²) in [5, 5.41) is 0. The predicted octanol–water partition coefficient (Wildman–Crippen LogP) is 2.05. The average Bonchev–Trinajstić information content (AvgIpc) is 2.38. The van der Waals surface area contributed by atoms with Crippen LogP contribution in [-0.4, -0.2) is 26.5 Å². The summed E-state index contributed by atoms with van der Waals surface area (Å²) < 4.78 is 31.7. The summed E-state index contributed by atoms with van der Waals surface area (Å²) in [5.41, 5.74) is -0.658. The number of hydrogen-bond donors (Lipinski definition) is 1. The van der Waals surface area contributed by atoms with E-state index in [1.807, 2.05) is 0 Å². The quantitative estimate of drug-likeness (QED) is 0.643. The van der Waals surface area contributed by atoms with Crippen LogP contribution in [0, 0.1) is 0 Å². The van der Waals surface area contributed by atoms with Gasteiger partial charge < -0.3 is 4.74 Å². The van der Waals surface area contributed by atoms with Gasteiger partial charge in [-0.25, -0.2) is 8.42 Å². The van der Waals surface area contributed by atoms with Gasteiger partial charge in [-0.3, -0.25) is 4.79 Å². The molecule has 1 aromatic carbocycles. The highest BCUT2D eigenvalue weighted by Crippen LogP contribution is 2.16. The molecule has 1 N–H and O–H groups in total. The van der Waals surface area contributed by atoms with E-state index in [0.29, 0.717) is 5.56 Å². The molecule has 0 heterocycles. The van der Waals surface area contributed by atoms with Gasteiger partial charge in [0, 0.05) is 5.88 Å². The predicted molar refractivity (Wildman–Crippen MR) is 77.0 cm³/mol. The van der Waals surface area contributed by atoms with E-state index in [2.05, 4.69) is 4.72 Å². The number of nitrogens with one attached hydrogen (secondary N) is 1. The molecule has 0 saturated heterocycles. The van der Waals surface area contributed by atoms with Gasteiger partial charge in [-0.1, -0.05) is 12.1 Å². The van der Waals surface area contributed by atoms with Crippen molar-refractivity contribution in [2.75, 3.05) is 6.61 Å². The number of alkyl halides is 1. The summed E-state index contributed by atoms with van der Waals surface area (Å²) in [5.74, 6) is -0.415. The largest absolute Gasteiger partial charge is 0.465 e. The van der Waals surface area contributed by atoms with E-state index in [-0.39, 0.29) is 17.4 Å². The zero-order chi connectivity index (χ0) is 15.4. The topological polar surface area (TPSA) is 72.5 Å². The van der Waals surface area contributed by atoms with E-state index in [1.165, 1.54) is 26.0 Å². The first-order valence-corrected chi connectivity index (χ1v) is 8.11. The third-order valence-corrected chi connectivity index (χ3v) is 4.50. The van der Waals surface area contributed by atoms with Gasteiger partial charge in [0.2, 0.25) is 10.0 Å². The average molecular weight is 320 g/mol. The zero-order valence-corrected chi connectivity index (χ0v) is 13.2. The number of benzene rings is 1. The van der Waals surface area contributed by atoms with Crippen LogP contribution in [0.4, 0.5) is 0 Å². The molecule has 1 aromatic rings. The van der Waals surface area contributed by atoms with E-state index in [9.17, 15) is 13.2 Å². The van der Waals surface area contributed by atoms with Crippen molar-refractivity contribution in [1.82, 2.24) is 4.72 Å². The fourth-order valence-corrected chi connectivity index (χ4v) is 3.15. The van der Waals surface area contributed by atoms with E-state index in [0.717, 1.165) is 0 Å². The third kappa shape index (κ3) is 4.19. The van der Waals surface area contributed by atoms with E-state index < -0.39 is 21.5 Å². The third-order valence-electron chi connectivity index (χ3n) is 2.54. The maximum absolute atomic E-state index is 12.3. The normalized spacial score (nSPS) is 12.2. The van der Waals surface area contributed by atoms with Crippen LogP contribution in [0.1, 0.15) is 26.3 Å². The lowest BCUT2D eigenvalue weighted by atomic mass is 10.1. The minimum atomic E-state index is -3.82. The molecule has 0 aromatic heterocycles. The van der Waals surface area contributed by atoms with Crippen LogP contribution in [0.15, 0.2) is 29.2 Å². The Bertz CT molecular complexity index is 584. The molecule has 112 valence electrons. The number of carbonyl (C=O) groups is 1. The summed E-state index contributed by atoms with van der Waals surface area (Å²) in [7, 11) is -3.82. The molecule has 0 aliphatic rings. The molecule has 20 heavy (non-hydrogen) atoms. The van der Waals surface area contributed by atoms with Crippen molar-refractivity contribution >= 4 is 27.6 Å². The second-order valence-electron chi connectivity index (χ2n) is 4.73. The molecule has 1 rings (SSSR count). The zero-order valence-electron chi connectivity index (χ0n) is 11.6. The fraction of sp³-hybridized carbons (Fsp3) is 0.462. The SMILES string of the molecule is CCOC(=O)C(C)(C)NS(=O)(=O)c1cccc(CCl)c1. The molecule has 0 aliphatic carbocycles. The second-order valence-corrected chi connectivity index (χ2v) is 6.68. The van der Waals surface area contributed by atoms with Crippen LogP contribution >= 0.6 is 11.6 Å². The first-order valence-electron chi connectivity index (χ1n) is 6.09. The van der Waals surface area contributed by atoms with Gasteiger partial charge in [-0.15, -0.1) is 11.6 Å². The molecule has 7 heteroatoms. The number of esters is 1. The summed E-state index contributed by atoms with van der Waals surface area (Å²) in [6.45, 7) is 4.75. The maximum Gasteiger partial charge on any atom is 0.326 e. The first kappa shape index (κ1) is 16.9. The standard InChI is InChI=1S/C13H18ClNO4S/c1-4-19-12(16)13(2,3)15-20(17,18)11-7-5-6-10(8-11)9-14/h5-8,15H,4,9H2,1-3H3. The Balaban J connectivity index is 3.02. The van der Waals surface area contributed by atoms with Crippen molar-refractivity contribution in [2.24, 2.45) is 0 Å². The van der Waals surface area contributed by atoms with Gasteiger partial charge >= 0.3 is 5.97 Å². The smallest absolute Gasteiger partial charge is 0.326 e. The second kappa shape index (κ2) is 6.56. The molecule has 0 unspecified atom stereocenters. The van der Waals surface area contributed by atoms with Crippen molar-refractivity contribution in [3.05, 3.63) is 29.8 Å². The van der Waals surface area contributed by atoms with Gasteiger partial charge in [-0.05, 0) is 38.5 Å². The van der Waals surface area contributed by atoms with Crippen LogP contribution in [-0.2, 0) is 25.4 Å². The molecular weight excluding hydrogens is 302 g/mol. The molecule has 0 atom stereocenters. The highest BCUT2D eigenvalue weighted by Gasteiger charge is 2.34. The highest BCUT2D eigenvalue weighted by molar-refractivity contribution is 7.89. The lowest BCUT2D eigenvalue weighted by Gasteiger charge is -2.23. The van der Waals surface area contributed by atoms with Crippen molar-refractivity contribution < 1.29 is 17.9 Å². The summed E-state index contributed by atoms with van der Waals surface area (Å²) in [4.78, 5) is 11.8. The Morgan fingerprint density at radius 3 is 2.60 bits per heavy atom. The van der Waals surface area contributed by atoms with Crippen LogP contribution in [0.2, 0.25) is 0 Å². The van der Waals surface area contributed by atoms with Gasteiger partial charge in [-0.2, -0.15) is 4.72 Å².